The van der Waals surface area contributed by atoms with Crippen LogP contribution in [0.5, 0.6) is 0 Å². The Morgan fingerprint density at radius 3 is 2.83 bits per heavy atom. The minimum absolute atomic E-state index is 0.260. The van der Waals surface area contributed by atoms with Crippen LogP contribution in [0.25, 0.3) is 0 Å². The lowest BCUT2D eigenvalue weighted by Crippen LogP contribution is -2.14. The molecule has 2 aromatic heterocycles. The first-order valence-electron chi connectivity index (χ1n) is 5.20. The molecule has 0 fully saturated rings. The number of nitrogens with zero attached hydrogens (tertiary/aromatic N) is 4. The third-order valence-electron chi connectivity index (χ3n) is 2.09. The maximum absolute atomic E-state index is 10.6. The smallest absolute Gasteiger partial charge is 0.228 e. The van der Waals surface area contributed by atoms with Gasteiger partial charge in [-0.2, -0.15) is 5.10 Å². The molecule has 7 nitrogen and oxygen atoms in total. The number of hydrogen-bond acceptors (Lipinski definition) is 5. The van der Waals surface area contributed by atoms with Crippen LogP contribution in [-0.2, 0) is 11.3 Å². The summed E-state index contributed by atoms with van der Waals surface area (Å²) in [5.74, 6) is 0.719. The van der Waals surface area contributed by atoms with Crippen molar-refractivity contribution in [3.63, 3.8) is 0 Å². The molecule has 2 heterocycles. The Labute approximate surface area is 112 Å². The van der Waals surface area contributed by atoms with E-state index in [1.807, 2.05) is 0 Å². The van der Waals surface area contributed by atoms with Gasteiger partial charge in [-0.15, -0.1) is 0 Å². The van der Waals surface area contributed by atoms with Crippen LogP contribution in [0.2, 0.25) is 0 Å². The zero-order valence-corrected chi connectivity index (χ0v) is 11.0. The fraction of sp³-hybridized carbons (Fsp3) is 0.200. The lowest BCUT2D eigenvalue weighted by atomic mass is 10.4. The fourth-order valence-corrected chi connectivity index (χ4v) is 1.47. The number of rotatable bonds is 5. The molecular weight excluding hydrogens is 300 g/mol. The molecule has 0 unspecified atom stereocenters. The minimum Gasteiger partial charge on any atom is -0.370 e. The van der Waals surface area contributed by atoms with Gasteiger partial charge in [-0.3, -0.25) is 9.48 Å². The monoisotopic (exact) mass is 310 g/mol. The largest absolute Gasteiger partial charge is 0.370 e. The van der Waals surface area contributed by atoms with Gasteiger partial charge in [0.1, 0.15) is 0 Å². The molecule has 0 aliphatic heterocycles. The van der Waals surface area contributed by atoms with Crippen LogP contribution in [0, 0.1) is 0 Å². The number of amides is 1. The van der Waals surface area contributed by atoms with Crippen LogP contribution in [0.1, 0.15) is 6.42 Å². The van der Waals surface area contributed by atoms with E-state index in [4.69, 9.17) is 5.73 Å². The fourth-order valence-electron chi connectivity index (χ4n) is 1.27. The topological polar surface area (TPSA) is 98.7 Å². The van der Waals surface area contributed by atoms with Gasteiger partial charge in [0, 0.05) is 37.6 Å². The average molecular weight is 311 g/mol. The lowest BCUT2D eigenvalue weighted by Gasteiger charge is -2.01. The van der Waals surface area contributed by atoms with Crippen molar-refractivity contribution in [1.29, 1.82) is 0 Å². The molecule has 0 spiro atoms. The molecule has 0 aromatic carbocycles. The van der Waals surface area contributed by atoms with E-state index in [1.54, 1.807) is 29.3 Å². The van der Waals surface area contributed by atoms with Crippen molar-refractivity contribution < 1.29 is 4.79 Å². The van der Waals surface area contributed by atoms with Gasteiger partial charge < -0.3 is 11.1 Å². The normalized spacial score (nSPS) is 10.3. The molecule has 0 bridgehead atoms. The molecule has 0 aliphatic carbocycles. The maximum Gasteiger partial charge on any atom is 0.228 e. The summed E-state index contributed by atoms with van der Waals surface area (Å²) >= 11 is 3.25. The summed E-state index contributed by atoms with van der Waals surface area (Å²) in [6, 6.07) is 1.77. The first kappa shape index (κ1) is 12.5. The van der Waals surface area contributed by atoms with Crippen LogP contribution < -0.4 is 11.1 Å². The standard InChI is InChI=1S/C10H11BrN6O/c11-7-5-13-10(14-6-7)15-9-2-4-17(16-9)3-1-8(12)18/h2,4-6H,1,3H2,(H2,12,18)(H,13,14,15,16). The zero-order valence-electron chi connectivity index (χ0n) is 9.38. The van der Waals surface area contributed by atoms with E-state index in [2.05, 4.69) is 36.3 Å². The highest BCUT2D eigenvalue weighted by Crippen LogP contribution is 2.11. The summed E-state index contributed by atoms with van der Waals surface area (Å²) in [6.07, 6.45) is 5.29. The van der Waals surface area contributed by atoms with Gasteiger partial charge in [-0.05, 0) is 15.9 Å². The summed E-state index contributed by atoms with van der Waals surface area (Å²) in [7, 11) is 0. The summed E-state index contributed by atoms with van der Waals surface area (Å²) in [5.41, 5.74) is 5.06. The van der Waals surface area contributed by atoms with Gasteiger partial charge in [0.15, 0.2) is 5.82 Å². The predicted octanol–water partition coefficient (Wildman–Crippen LogP) is 1.05. The Bertz CT molecular complexity index is 538. The summed E-state index contributed by atoms with van der Waals surface area (Å²) < 4.78 is 2.44. The third kappa shape index (κ3) is 3.52. The molecule has 0 radical (unpaired) electrons. The van der Waals surface area contributed by atoms with Crippen molar-refractivity contribution in [2.75, 3.05) is 5.32 Å². The molecule has 8 heteroatoms. The van der Waals surface area contributed by atoms with E-state index in [9.17, 15) is 4.79 Å². The van der Waals surface area contributed by atoms with Crippen molar-refractivity contribution in [2.24, 2.45) is 5.73 Å². The zero-order chi connectivity index (χ0) is 13.0. The first-order valence-corrected chi connectivity index (χ1v) is 5.99. The van der Waals surface area contributed by atoms with Gasteiger partial charge in [-0.25, -0.2) is 9.97 Å². The van der Waals surface area contributed by atoms with Gasteiger partial charge in [0.25, 0.3) is 0 Å². The van der Waals surface area contributed by atoms with Gasteiger partial charge in [-0.1, -0.05) is 0 Å². The van der Waals surface area contributed by atoms with Gasteiger partial charge in [0.05, 0.1) is 4.47 Å². The summed E-state index contributed by atoms with van der Waals surface area (Å²) in [4.78, 5) is 18.8. The van der Waals surface area contributed by atoms with E-state index in [0.717, 1.165) is 4.47 Å². The van der Waals surface area contributed by atoms with Crippen LogP contribution in [0.15, 0.2) is 29.1 Å². The van der Waals surface area contributed by atoms with E-state index in [1.165, 1.54) is 0 Å². The predicted molar refractivity (Wildman–Crippen MR) is 69.1 cm³/mol. The average Bonchev–Trinajstić information content (AvgIpc) is 2.77. The number of carbonyl (C=O) groups is 1. The van der Waals surface area contributed by atoms with Crippen molar-refractivity contribution in [2.45, 2.75) is 13.0 Å². The molecule has 0 atom stereocenters. The summed E-state index contributed by atoms with van der Waals surface area (Å²) in [5, 5.41) is 7.15. The maximum atomic E-state index is 10.6. The van der Waals surface area contributed by atoms with Crippen LogP contribution >= 0.6 is 15.9 Å². The number of aryl methyl sites for hydroxylation is 1. The lowest BCUT2D eigenvalue weighted by molar-refractivity contribution is -0.118. The highest BCUT2D eigenvalue weighted by Gasteiger charge is 2.02. The molecule has 18 heavy (non-hydrogen) atoms. The Balaban J connectivity index is 1.97. The van der Waals surface area contributed by atoms with Crippen LogP contribution in [-0.4, -0.2) is 25.7 Å². The van der Waals surface area contributed by atoms with Gasteiger partial charge >= 0.3 is 0 Å². The SMILES string of the molecule is NC(=O)CCn1ccc(Nc2ncc(Br)cn2)n1. The molecule has 3 N–H and O–H groups in total. The Kier molecular flexibility index (Phi) is 3.88. The number of aromatic nitrogens is 4. The molecule has 0 saturated heterocycles. The number of hydrogen-bond donors (Lipinski definition) is 2. The van der Waals surface area contributed by atoms with Crippen LogP contribution in [0.3, 0.4) is 0 Å². The number of halogens is 1. The molecule has 0 saturated carbocycles. The number of nitrogens with one attached hydrogen (secondary N) is 1. The second-order valence-corrected chi connectivity index (χ2v) is 4.45. The van der Waals surface area contributed by atoms with E-state index < -0.39 is 0 Å². The number of carbonyl (C=O) groups excluding carboxylic acids is 1. The summed E-state index contributed by atoms with van der Waals surface area (Å²) in [6.45, 7) is 0.457. The van der Waals surface area contributed by atoms with Crippen molar-refractivity contribution in [3.8, 4) is 0 Å². The van der Waals surface area contributed by atoms with E-state index in [-0.39, 0.29) is 12.3 Å². The number of anilines is 2. The Hall–Kier alpha value is -1.96. The van der Waals surface area contributed by atoms with E-state index >= 15 is 0 Å². The molecule has 1 amide bonds. The second-order valence-electron chi connectivity index (χ2n) is 3.53. The first-order chi connectivity index (χ1) is 8.63. The van der Waals surface area contributed by atoms with Crippen molar-refractivity contribution in [1.82, 2.24) is 19.7 Å². The third-order valence-corrected chi connectivity index (χ3v) is 2.50. The number of primary amides is 1. The quantitative estimate of drug-likeness (QED) is 0.860. The highest BCUT2D eigenvalue weighted by atomic mass is 79.9. The molecule has 94 valence electrons. The Morgan fingerprint density at radius 1 is 1.44 bits per heavy atom. The Morgan fingerprint density at radius 2 is 2.17 bits per heavy atom. The van der Waals surface area contributed by atoms with Gasteiger partial charge in [0.2, 0.25) is 11.9 Å². The number of nitrogens with two attached hydrogens (primary N) is 1. The molecule has 0 aliphatic rings. The highest BCUT2D eigenvalue weighted by molar-refractivity contribution is 9.10. The second kappa shape index (κ2) is 5.58. The molecule has 2 rings (SSSR count). The van der Waals surface area contributed by atoms with Crippen molar-refractivity contribution >= 4 is 33.6 Å². The molecule has 2 aromatic rings. The van der Waals surface area contributed by atoms with E-state index in [0.29, 0.717) is 18.3 Å². The molecular formula is C10H11BrN6O. The minimum atomic E-state index is -0.351. The van der Waals surface area contributed by atoms with Crippen molar-refractivity contribution in [3.05, 3.63) is 29.1 Å². The van der Waals surface area contributed by atoms with Crippen LogP contribution in [0.4, 0.5) is 11.8 Å².